The number of nitrogens with one attached hydrogen (secondary N) is 1. The number of nitrogens with zero attached hydrogens (tertiary/aromatic N) is 1. The Bertz CT molecular complexity index is 860. The van der Waals surface area contributed by atoms with Crippen molar-refractivity contribution in [3.63, 3.8) is 0 Å². The van der Waals surface area contributed by atoms with Gasteiger partial charge in [-0.25, -0.2) is 8.42 Å². The molecule has 1 heterocycles. The highest BCUT2D eigenvalue weighted by Crippen LogP contribution is 2.29. The summed E-state index contributed by atoms with van der Waals surface area (Å²) in [5, 5.41) is 2.58. The molecule has 0 saturated carbocycles. The van der Waals surface area contributed by atoms with E-state index in [1.165, 1.54) is 11.4 Å². The largest absolute Gasteiger partial charge is 0.358 e. The molecule has 1 aliphatic heterocycles. The summed E-state index contributed by atoms with van der Waals surface area (Å²) in [6, 6.07) is 13.6. The van der Waals surface area contributed by atoms with Crippen LogP contribution in [0, 0.1) is 6.92 Å². The second-order valence-electron chi connectivity index (χ2n) is 5.97. The molecule has 0 aromatic heterocycles. The third kappa shape index (κ3) is 2.95. The van der Waals surface area contributed by atoms with Crippen LogP contribution in [-0.2, 0) is 27.8 Å². The molecule has 0 aliphatic carbocycles. The van der Waals surface area contributed by atoms with Crippen LogP contribution in [0.25, 0.3) is 0 Å². The predicted molar refractivity (Wildman–Crippen MR) is 91.9 cm³/mol. The van der Waals surface area contributed by atoms with E-state index in [2.05, 4.69) is 5.32 Å². The van der Waals surface area contributed by atoms with Gasteiger partial charge in [0.15, 0.2) is 0 Å². The van der Waals surface area contributed by atoms with Crippen LogP contribution in [0.5, 0.6) is 0 Å². The van der Waals surface area contributed by atoms with Gasteiger partial charge >= 0.3 is 0 Å². The fourth-order valence-electron chi connectivity index (χ4n) is 2.99. The number of aryl methyl sites for hydroxylation is 1. The molecule has 5 nitrogen and oxygen atoms in total. The molecule has 1 aliphatic rings. The normalized spacial score (nSPS) is 18.0. The van der Waals surface area contributed by atoms with Crippen molar-refractivity contribution in [3.05, 3.63) is 65.2 Å². The molecule has 0 spiro atoms. The number of carbonyl (C=O) groups excluding carboxylic acids is 1. The standard InChI is InChI=1S/C18H20N2O3S/c1-13-7-9-16(10-8-13)24(22,23)20-12-15-6-4-3-5-14(15)11-17(20)18(21)19-2/h3-10,17H,11-12H2,1-2H3,(H,19,21). The van der Waals surface area contributed by atoms with Crippen molar-refractivity contribution >= 4 is 15.9 Å². The Labute approximate surface area is 142 Å². The summed E-state index contributed by atoms with van der Waals surface area (Å²) < 4.78 is 27.5. The lowest BCUT2D eigenvalue weighted by Gasteiger charge is -2.34. The number of likely N-dealkylation sites (N-methyl/N-ethyl adjacent to an activating group) is 1. The van der Waals surface area contributed by atoms with Gasteiger partial charge in [-0.15, -0.1) is 0 Å². The van der Waals surface area contributed by atoms with Gasteiger partial charge in [-0.2, -0.15) is 4.31 Å². The predicted octanol–water partition coefficient (Wildman–Crippen LogP) is 1.86. The molecule has 1 unspecified atom stereocenters. The average Bonchev–Trinajstić information content (AvgIpc) is 2.60. The van der Waals surface area contributed by atoms with E-state index in [-0.39, 0.29) is 17.3 Å². The third-order valence-electron chi connectivity index (χ3n) is 4.38. The smallest absolute Gasteiger partial charge is 0.244 e. The Balaban J connectivity index is 2.05. The van der Waals surface area contributed by atoms with E-state index >= 15 is 0 Å². The summed E-state index contributed by atoms with van der Waals surface area (Å²) in [5.74, 6) is -0.291. The van der Waals surface area contributed by atoms with E-state index in [1.807, 2.05) is 31.2 Å². The minimum Gasteiger partial charge on any atom is -0.358 e. The van der Waals surface area contributed by atoms with Gasteiger partial charge in [0.2, 0.25) is 15.9 Å². The van der Waals surface area contributed by atoms with Crippen molar-refractivity contribution < 1.29 is 13.2 Å². The summed E-state index contributed by atoms with van der Waals surface area (Å²) in [7, 11) is -2.23. The number of fused-ring (bicyclic) bond motifs is 1. The summed E-state index contributed by atoms with van der Waals surface area (Å²) in [4.78, 5) is 12.5. The quantitative estimate of drug-likeness (QED) is 0.924. The molecule has 24 heavy (non-hydrogen) atoms. The van der Waals surface area contributed by atoms with Gasteiger partial charge < -0.3 is 5.32 Å². The number of hydrogen-bond donors (Lipinski definition) is 1. The summed E-state index contributed by atoms with van der Waals surface area (Å²) >= 11 is 0. The molecule has 0 radical (unpaired) electrons. The number of benzene rings is 2. The SMILES string of the molecule is CNC(=O)C1Cc2ccccc2CN1S(=O)(=O)c1ccc(C)cc1. The maximum atomic E-state index is 13.1. The topological polar surface area (TPSA) is 66.5 Å². The fourth-order valence-corrected chi connectivity index (χ4v) is 4.55. The van der Waals surface area contributed by atoms with E-state index in [1.54, 1.807) is 24.3 Å². The number of sulfonamides is 1. The first-order valence-electron chi connectivity index (χ1n) is 7.80. The molecule has 0 bridgehead atoms. The summed E-state index contributed by atoms with van der Waals surface area (Å²) in [6.45, 7) is 2.10. The minimum atomic E-state index is -3.75. The van der Waals surface area contributed by atoms with E-state index in [0.29, 0.717) is 6.42 Å². The van der Waals surface area contributed by atoms with E-state index < -0.39 is 16.1 Å². The molecule has 2 aromatic rings. The minimum absolute atomic E-state index is 0.199. The highest BCUT2D eigenvalue weighted by molar-refractivity contribution is 7.89. The van der Waals surface area contributed by atoms with E-state index in [9.17, 15) is 13.2 Å². The molecule has 1 N–H and O–H groups in total. The molecule has 0 saturated heterocycles. The Morgan fingerprint density at radius 1 is 1.08 bits per heavy atom. The third-order valence-corrected chi connectivity index (χ3v) is 6.25. The second kappa shape index (κ2) is 6.37. The van der Waals surface area contributed by atoms with Gasteiger partial charge in [0.1, 0.15) is 6.04 Å². The molecular weight excluding hydrogens is 324 g/mol. The van der Waals surface area contributed by atoms with Crippen LogP contribution in [0.1, 0.15) is 16.7 Å². The van der Waals surface area contributed by atoms with Crippen molar-refractivity contribution in [2.45, 2.75) is 30.8 Å². The van der Waals surface area contributed by atoms with Crippen LogP contribution in [0.15, 0.2) is 53.4 Å². The first-order valence-corrected chi connectivity index (χ1v) is 9.24. The van der Waals surface area contributed by atoms with Crippen LogP contribution in [0.4, 0.5) is 0 Å². The average molecular weight is 344 g/mol. The highest BCUT2D eigenvalue weighted by Gasteiger charge is 2.39. The van der Waals surface area contributed by atoms with Crippen LogP contribution in [-0.4, -0.2) is 31.7 Å². The summed E-state index contributed by atoms with van der Waals surface area (Å²) in [6.07, 6.45) is 0.376. The summed E-state index contributed by atoms with van der Waals surface area (Å²) in [5.41, 5.74) is 2.94. The van der Waals surface area contributed by atoms with Crippen molar-refractivity contribution in [2.24, 2.45) is 0 Å². The zero-order chi connectivity index (χ0) is 17.3. The van der Waals surface area contributed by atoms with Crippen LogP contribution >= 0.6 is 0 Å². The van der Waals surface area contributed by atoms with Gasteiger partial charge in [-0.05, 0) is 36.6 Å². The number of rotatable bonds is 3. The van der Waals surface area contributed by atoms with Gasteiger partial charge in [-0.3, -0.25) is 4.79 Å². The molecule has 3 rings (SSSR count). The van der Waals surface area contributed by atoms with Gasteiger partial charge in [-0.1, -0.05) is 42.0 Å². The van der Waals surface area contributed by atoms with Crippen molar-refractivity contribution in [1.29, 1.82) is 0 Å². The van der Waals surface area contributed by atoms with Gasteiger partial charge in [0.25, 0.3) is 0 Å². The van der Waals surface area contributed by atoms with E-state index in [4.69, 9.17) is 0 Å². The molecule has 126 valence electrons. The first-order chi connectivity index (χ1) is 11.4. The number of hydrogen-bond acceptors (Lipinski definition) is 3. The van der Waals surface area contributed by atoms with E-state index in [0.717, 1.165) is 16.7 Å². The van der Waals surface area contributed by atoms with Crippen LogP contribution in [0.3, 0.4) is 0 Å². The van der Waals surface area contributed by atoms with Gasteiger partial charge in [0, 0.05) is 13.6 Å². The lowest BCUT2D eigenvalue weighted by molar-refractivity contribution is -0.124. The van der Waals surface area contributed by atoms with Crippen molar-refractivity contribution in [2.75, 3.05) is 7.05 Å². The monoisotopic (exact) mass is 344 g/mol. The number of carbonyl (C=O) groups is 1. The highest BCUT2D eigenvalue weighted by atomic mass is 32.2. The second-order valence-corrected chi connectivity index (χ2v) is 7.86. The maximum absolute atomic E-state index is 13.1. The Kier molecular flexibility index (Phi) is 4.43. The molecular formula is C18H20N2O3S. The zero-order valence-electron chi connectivity index (χ0n) is 13.7. The lowest BCUT2D eigenvalue weighted by atomic mass is 9.95. The molecule has 1 atom stereocenters. The lowest BCUT2D eigenvalue weighted by Crippen LogP contribution is -2.51. The molecule has 6 heteroatoms. The van der Waals surface area contributed by atoms with Crippen LogP contribution in [0.2, 0.25) is 0 Å². The Hall–Kier alpha value is -2.18. The fraction of sp³-hybridized carbons (Fsp3) is 0.278. The van der Waals surface area contributed by atoms with Crippen molar-refractivity contribution in [3.8, 4) is 0 Å². The Morgan fingerprint density at radius 3 is 2.33 bits per heavy atom. The van der Waals surface area contributed by atoms with Crippen molar-refractivity contribution in [1.82, 2.24) is 9.62 Å². The number of amides is 1. The molecule has 0 fully saturated rings. The Morgan fingerprint density at radius 2 is 1.71 bits per heavy atom. The maximum Gasteiger partial charge on any atom is 0.244 e. The van der Waals surface area contributed by atoms with Crippen LogP contribution < -0.4 is 5.32 Å². The molecule has 2 aromatic carbocycles. The zero-order valence-corrected chi connectivity index (χ0v) is 14.5. The van der Waals surface area contributed by atoms with Gasteiger partial charge in [0.05, 0.1) is 4.90 Å². The molecule has 1 amide bonds. The first kappa shape index (κ1) is 16.7.